The van der Waals surface area contributed by atoms with Gasteiger partial charge in [0.05, 0.1) is 12.8 Å². The maximum Gasteiger partial charge on any atom is 0.247 e. The van der Waals surface area contributed by atoms with E-state index in [4.69, 9.17) is 22.1 Å². The maximum absolute atomic E-state index is 12.0. The molecule has 0 heterocycles. The topological polar surface area (TPSA) is 64.3 Å². The van der Waals surface area contributed by atoms with Gasteiger partial charge in [0.1, 0.15) is 11.3 Å². The molecule has 3 N–H and O–H groups in total. The van der Waals surface area contributed by atoms with E-state index in [1.54, 1.807) is 38.3 Å². The minimum atomic E-state index is -1.07. The number of anilines is 1. The molecule has 2 aromatic rings. The van der Waals surface area contributed by atoms with Crippen molar-refractivity contribution >= 4 is 23.2 Å². The molecule has 0 saturated carbocycles. The van der Waals surface area contributed by atoms with E-state index in [-0.39, 0.29) is 0 Å². The summed E-state index contributed by atoms with van der Waals surface area (Å²) in [6.07, 6.45) is 0. The van der Waals surface area contributed by atoms with E-state index >= 15 is 0 Å². The number of benzene rings is 2. The van der Waals surface area contributed by atoms with Crippen molar-refractivity contribution in [2.45, 2.75) is 12.5 Å². The summed E-state index contributed by atoms with van der Waals surface area (Å²) in [5, 5.41) is 3.77. The van der Waals surface area contributed by atoms with Gasteiger partial charge in [0.25, 0.3) is 0 Å². The highest BCUT2D eigenvalue weighted by atomic mass is 35.5. The number of methoxy groups -OCH3 is 1. The molecule has 0 aliphatic heterocycles. The zero-order valence-electron chi connectivity index (χ0n) is 11.9. The molecule has 110 valence electrons. The monoisotopic (exact) mass is 304 g/mol. The number of carbonyl (C=O) groups is 1. The lowest BCUT2D eigenvalue weighted by Crippen LogP contribution is -2.45. The van der Waals surface area contributed by atoms with Crippen LogP contribution in [0.4, 0.5) is 5.69 Å². The van der Waals surface area contributed by atoms with E-state index in [1.807, 2.05) is 24.3 Å². The summed E-state index contributed by atoms with van der Waals surface area (Å²) in [6, 6.07) is 14.3. The zero-order valence-corrected chi connectivity index (χ0v) is 12.6. The fraction of sp³-hybridized carbons (Fsp3) is 0.188. The second-order valence-corrected chi connectivity index (χ2v) is 5.26. The number of para-hydroxylation sites is 2. The summed E-state index contributed by atoms with van der Waals surface area (Å²) in [5.74, 6) is 0.148. The molecule has 21 heavy (non-hydrogen) atoms. The van der Waals surface area contributed by atoms with Crippen LogP contribution >= 0.6 is 11.6 Å². The molecule has 0 spiro atoms. The molecule has 0 radical (unpaired) electrons. The number of primary amides is 1. The van der Waals surface area contributed by atoms with Crippen molar-refractivity contribution < 1.29 is 9.53 Å². The summed E-state index contributed by atoms with van der Waals surface area (Å²) < 4.78 is 5.29. The van der Waals surface area contributed by atoms with Crippen LogP contribution in [0.15, 0.2) is 48.5 Å². The van der Waals surface area contributed by atoms with Crippen molar-refractivity contribution in [2.24, 2.45) is 5.73 Å². The molecule has 1 unspecified atom stereocenters. The van der Waals surface area contributed by atoms with Crippen LogP contribution in [0, 0.1) is 0 Å². The van der Waals surface area contributed by atoms with Gasteiger partial charge in [0.15, 0.2) is 0 Å². The smallest absolute Gasteiger partial charge is 0.247 e. The number of carbonyl (C=O) groups excluding carboxylic acids is 1. The van der Waals surface area contributed by atoms with Crippen molar-refractivity contribution in [2.75, 3.05) is 12.4 Å². The summed E-state index contributed by atoms with van der Waals surface area (Å²) >= 11 is 5.89. The highest BCUT2D eigenvalue weighted by Gasteiger charge is 2.33. The van der Waals surface area contributed by atoms with Crippen LogP contribution in [0.5, 0.6) is 5.75 Å². The lowest BCUT2D eigenvalue weighted by atomic mass is 9.90. The largest absolute Gasteiger partial charge is 0.495 e. The fourth-order valence-corrected chi connectivity index (χ4v) is 2.20. The molecular formula is C16H17ClN2O2. The van der Waals surface area contributed by atoms with Crippen LogP contribution in [0.2, 0.25) is 5.02 Å². The second kappa shape index (κ2) is 6.06. The number of amides is 1. The standard InChI is InChI=1S/C16H17ClN2O2/c1-16(15(18)20,11-7-9-12(17)10-8-11)19-13-5-3-4-6-14(13)21-2/h3-10,19H,1-2H3,(H2,18,20). The molecule has 1 atom stereocenters. The van der Waals surface area contributed by atoms with Crippen molar-refractivity contribution in [1.82, 2.24) is 0 Å². The molecule has 1 amide bonds. The van der Waals surface area contributed by atoms with Gasteiger partial charge in [0.2, 0.25) is 5.91 Å². The maximum atomic E-state index is 12.0. The Hall–Kier alpha value is -2.20. The van der Waals surface area contributed by atoms with Gasteiger partial charge in [-0.1, -0.05) is 35.9 Å². The van der Waals surface area contributed by atoms with Crippen LogP contribution in [0.3, 0.4) is 0 Å². The summed E-state index contributed by atoms with van der Waals surface area (Å²) in [4.78, 5) is 12.0. The number of nitrogens with two attached hydrogens (primary N) is 1. The Morgan fingerprint density at radius 3 is 2.38 bits per heavy atom. The normalized spacial score (nSPS) is 13.3. The first-order valence-electron chi connectivity index (χ1n) is 6.44. The zero-order chi connectivity index (χ0) is 15.5. The number of ether oxygens (including phenoxy) is 1. The molecule has 4 nitrogen and oxygen atoms in total. The Bertz CT molecular complexity index is 643. The van der Waals surface area contributed by atoms with Crippen molar-refractivity contribution in [3.63, 3.8) is 0 Å². The predicted molar refractivity (Wildman–Crippen MR) is 84.6 cm³/mol. The molecule has 0 aliphatic rings. The average molecular weight is 305 g/mol. The molecule has 2 rings (SSSR count). The SMILES string of the molecule is COc1ccccc1NC(C)(C(N)=O)c1ccc(Cl)cc1. The average Bonchev–Trinajstić information content (AvgIpc) is 2.48. The lowest BCUT2D eigenvalue weighted by molar-refractivity contribution is -0.122. The first kappa shape index (κ1) is 15.2. The molecular weight excluding hydrogens is 288 g/mol. The number of halogens is 1. The van der Waals surface area contributed by atoms with Crippen LogP contribution in [-0.2, 0) is 10.3 Å². The minimum absolute atomic E-state index is 0.490. The number of hydrogen-bond donors (Lipinski definition) is 2. The fourth-order valence-electron chi connectivity index (χ4n) is 2.08. The number of hydrogen-bond acceptors (Lipinski definition) is 3. The highest BCUT2D eigenvalue weighted by Crippen LogP contribution is 2.32. The Balaban J connectivity index is 2.43. The number of nitrogens with one attached hydrogen (secondary N) is 1. The van der Waals surface area contributed by atoms with E-state index in [2.05, 4.69) is 5.32 Å². The van der Waals surface area contributed by atoms with E-state index < -0.39 is 11.4 Å². The molecule has 0 aliphatic carbocycles. The molecule has 0 fully saturated rings. The predicted octanol–water partition coefficient (Wildman–Crippen LogP) is 3.16. The van der Waals surface area contributed by atoms with Crippen molar-refractivity contribution in [3.8, 4) is 5.75 Å². The Morgan fingerprint density at radius 2 is 1.81 bits per heavy atom. The van der Waals surface area contributed by atoms with Gasteiger partial charge < -0.3 is 15.8 Å². The Morgan fingerprint density at radius 1 is 1.19 bits per heavy atom. The van der Waals surface area contributed by atoms with E-state index in [1.165, 1.54) is 0 Å². The molecule has 2 aromatic carbocycles. The van der Waals surface area contributed by atoms with Gasteiger partial charge in [0, 0.05) is 5.02 Å². The first-order valence-corrected chi connectivity index (χ1v) is 6.82. The number of rotatable bonds is 5. The van der Waals surface area contributed by atoms with Crippen LogP contribution in [0.1, 0.15) is 12.5 Å². The third kappa shape index (κ3) is 3.11. The summed E-state index contributed by atoms with van der Waals surface area (Å²) in [6.45, 7) is 1.73. The molecule has 0 aromatic heterocycles. The van der Waals surface area contributed by atoms with Gasteiger partial charge >= 0.3 is 0 Å². The molecule has 0 bridgehead atoms. The van der Waals surface area contributed by atoms with E-state index in [0.717, 1.165) is 5.56 Å². The lowest BCUT2D eigenvalue weighted by Gasteiger charge is -2.30. The highest BCUT2D eigenvalue weighted by molar-refractivity contribution is 6.30. The third-order valence-corrected chi connectivity index (χ3v) is 3.66. The van der Waals surface area contributed by atoms with Crippen LogP contribution in [-0.4, -0.2) is 13.0 Å². The van der Waals surface area contributed by atoms with Gasteiger partial charge in [-0.15, -0.1) is 0 Å². The first-order chi connectivity index (χ1) is 9.97. The second-order valence-electron chi connectivity index (χ2n) is 4.82. The van der Waals surface area contributed by atoms with Crippen LogP contribution < -0.4 is 15.8 Å². The van der Waals surface area contributed by atoms with E-state index in [0.29, 0.717) is 16.5 Å². The van der Waals surface area contributed by atoms with Gasteiger partial charge in [-0.25, -0.2) is 0 Å². The van der Waals surface area contributed by atoms with Gasteiger partial charge in [-0.2, -0.15) is 0 Å². The third-order valence-electron chi connectivity index (χ3n) is 3.41. The Labute approximate surface area is 128 Å². The van der Waals surface area contributed by atoms with Gasteiger partial charge in [-0.3, -0.25) is 4.79 Å². The minimum Gasteiger partial charge on any atom is -0.495 e. The van der Waals surface area contributed by atoms with Crippen molar-refractivity contribution in [3.05, 3.63) is 59.1 Å². The van der Waals surface area contributed by atoms with Crippen molar-refractivity contribution in [1.29, 1.82) is 0 Å². The summed E-state index contributed by atoms with van der Waals surface area (Å²) in [7, 11) is 1.57. The molecule has 0 saturated heterocycles. The van der Waals surface area contributed by atoms with Crippen LogP contribution in [0.25, 0.3) is 0 Å². The Kier molecular flexibility index (Phi) is 4.38. The molecule has 5 heteroatoms. The van der Waals surface area contributed by atoms with E-state index in [9.17, 15) is 4.79 Å². The van der Waals surface area contributed by atoms with Gasteiger partial charge in [-0.05, 0) is 36.8 Å². The summed E-state index contributed by atoms with van der Waals surface area (Å²) in [5.41, 5.74) is 5.95. The quantitative estimate of drug-likeness (QED) is 0.892.